The minimum Gasteiger partial charge on any atom is -0.494 e. The number of H-pyrrole nitrogens is 1. The van der Waals surface area contributed by atoms with E-state index in [1.165, 1.54) is 13.2 Å². The minimum atomic E-state index is -3.00. The van der Waals surface area contributed by atoms with Gasteiger partial charge >= 0.3 is 0 Å². The number of rotatable bonds is 2. The molecular weight excluding hydrogens is 194 g/mol. The van der Waals surface area contributed by atoms with Crippen molar-refractivity contribution in [2.24, 2.45) is 0 Å². The van der Waals surface area contributed by atoms with Crippen molar-refractivity contribution < 1.29 is 13.5 Å². The Morgan fingerprint density at radius 1 is 1.64 bits per heavy atom. The van der Waals surface area contributed by atoms with Crippen LogP contribution in [-0.2, 0) is 0 Å². The molecule has 0 unspecified atom stereocenters. The van der Waals surface area contributed by atoms with Crippen LogP contribution in [0.1, 0.15) is 17.6 Å². The number of aromatic nitrogens is 1. The van der Waals surface area contributed by atoms with Crippen molar-refractivity contribution in [2.75, 3.05) is 7.11 Å². The number of alkyl halides is 2. The Bertz CT molecular complexity index is 434. The fourth-order valence-corrected chi connectivity index (χ4v) is 1.01. The summed E-state index contributed by atoms with van der Waals surface area (Å²) in [6, 6.07) is 1.51. The van der Waals surface area contributed by atoms with Gasteiger partial charge in [0.2, 0.25) is 0 Å². The van der Waals surface area contributed by atoms with Gasteiger partial charge in [-0.1, -0.05) is 0 Å². The predicted octanol–water partition coefficient (Wildman–Crippen LogP) is 1.19. The van der Waals surface area contributed by atoms with E-state index in [9.17, 15) is 13.6 Å². The molecule has 1 rings (SSSR count). The van der Waals surface area contributed by atoms with Crippen LogP contribution in [0.15, 0.2) is 11.0 Å². The van der Waals surface area contributed by atoms with E-state index in [0.29, 0.717) is 0 Å². The maximum absolute atomic E-state index is 12.4. The molecule has 0 aliphatic heterocycles. The summed E-state index contributed by atoms with van der Waals surface area (Å²) in [4.78, 5) is 13.0. The molecule has 0 spiro atoms. The molecule has 1 aromatic heterocycles. The first-order valence-electron chi connectivity index (χ1n) is 3.59. The van der Waals surface area contributed by atoms with Crippen LogP contribution in [0.25, 0.3) is 0 Å². The second-order valence-corrected chi connectivity index (χ2v) is 2.39. The van der Waals surface area contributed by atoms with E-state index in [4.69, 9.17) is 5.26 Å². The molecule has 6 heteroatoms. The first kappa shape index (κ1) is 10.2. The summed E-state index contributed by atoms with van der Waals surface area (Å²) in [5.41, 5.74) is -2.25. The summed E-state index contributed by atoms with van der Waals surface area (Å²) in [6.45, 7) is 0. The van der Waals surface area contributed by atoms with Crippen molar-refractivity contribution in [1.82, 2.24) is 4.98 Å². The average molecular weight is 200 g/mol. The van der Waals surface area contributed by atoms with Gasteiger partial charge in [-0.05, 0) is 0 Å². The lowest BCUT2D eigenvalue weighted by Crippen LogP contribution is -2.15. The molecule has 0 saturated carbocycles. The number of hydrogen-bond acceptors (Lipinski definition) is 3. The Hall–Kier alpha value is -1.90. The zero-order valence-electron chi connectivity index (χ0n) is 7.17. The first-order chi connectivity index (χ1) is 6.61. The molecular formula is C8H6F2N2O2. The second kappa shape index (κ2) is 3.87. The molecule has 0 saturated heterocycles. The van der Waals surface area contributed by atoms with Gasteiger partial charge in [-0.3, -0.25) is 4.79 Å². The van der Waals surface area contributed by atoms with Gasteiger partial charge in [0, 0.05) is 6.20 Å². The summed E-state index contributed by atoms with van der Waals surface area (Å²) in [5.74, 6) is -0.0672. The lowest BCUT2D eigenvalue weighted by Gasteiger charge is -2.05. The van der Waals surface area contributed by atoms with Gasteiger partial charge < -0.3 is 9.72 Å². The van der Waals surface area contributed by atoms with E-state index in [0.717, 1.165) is 6.20 Å². The smallest absolute Gasteiger partial charge is 0.270 e. The number of aromatic amines is 1. The van der Waals surface area contributed by atoms with Crippen molar-refractivity contribution in [1.29, 1.82) is 5.26 Å². The summed E-state index contributed by atoms with van der Waals surface area (Å²) in [5, 5.41) is 8.59. The SMILES string of the molecule is COc1c[nH]c(=O)c(C(F)F)c1C#N. The highest BCUT2D eigenvalue weighted by atomic mass is 19.3. The number of nitriles is 1. The topological polar surface area (TPSA) is 65.9 Å². The lowest BCUT2D eigenvalue weighted by molar-refractivity contribution is 0.148. The van der Waals surface area contributed by atoms with E-state index < -0.39 is 23.1 Å². The predicted molar refractivity (Wildman–Crippen MR) is 43.3 cm³/mol. The fraction of sp³-hybridized carbons (Fsp3) is 0.250. The molecule has 4 nitrogen and oxygen atoms in total. The molecule has 0 radical (unpaired) electrons. The summed E-state index contributed by atoms with van der Waals surface area (Å²) < 4.78 is 29.4. The van der Waals surface area contributed by atoms with E-state index >= 15 is 0 Å². The third-order valence-electron chi connectivity index (χ3n) is 1.64. The molecule has 0 aliphatic rings. The molecule has 0 amide bonds. The zero-order valence-corrected chi connectivity index (χ0v) is 7.17. The molecule has 1 aromatic rings. The largest absolute Gasteiger partial charge is 0.494 e. The van der Waals surface area contributed by atoms with Crippen LogP contribution >= 0.6 is 0 Å². The van der Waals surface area contributed by atoms with Crippen LogP contribution < -0.4 is 10.3 Å². The number of ether oxygens (including phenoxy) is 1. The monoisotopic (exact) mass is 200 g/mol. The van der Waals surface area contributed by atoms with Crippen molar-refractivity contribution in [3.63, 3.8) is 0 Å². The fourth-order valence-electron chi connectivity index (χ4n) is 1.01. The number of methoxy groups -OCH3 is 1. The van der Waals surface area contributed by atoms with E-state index in [-0.39, 0.29) is 5.75 Å². The molecule has 1 N–H and O–H groups in total. The van der Waals surface area contributed by atoms with E-state index in [1.807, 2.05) is 0 Å². The molecule has 74 valence electrons. The quantitative estimate of drug-likeness (QED) is 0.779. The molecule has 0 fully saturated rings. The normalized spacial score (nSPS) is 9.93. The second-order valence-electron chi connectivity index (χ2n) is 2.39. The standard InChI is InChI=1S/C8H6F2N2O2/c1-14-5-3-12-8(13)6(7(9)10)4(5)2-11/h3,7H,1H3,(H,12,13). The van der Waals surface area contributed by atoms with Crippen molar-refractivity contribution in [3.8, 4) is 11.8 Å². The first-order valence-corrected chi connectivity index (χ1v) is 3.59. The number of pyridine rings is 1. The van der Waals surface area contributed by atoms with Crippen LogP contribution in [-0.4, -0.2) is 12.1 Å². The van der Waals surface area contributed by atoms with E-state index in [1.54, 1.807) is 0 Å². The Labute approximate surface area is 77.7 Å². The summed E-state index contributed by atoms with van der Waals surface area (Å²) in [6.07, 6.45) is -1.92. The maximum Gasteiger partial charge on any atom is 0.270 e. The number of nitrogens with zero attached hydrogens (tertiary/aromatic N) is 1. The number of halogens is 2. The molecule has 0 atom stereocenters. The molecule has 0 bridgehead atoms. The Morgan fingerprint density at radius 3 is 2.71 bits per heavy atom. The van der Waals surface area contributed by atoms with Crippen molar-refractivity contribution in [3.05, 3.63) is 27.7 Å². The summed E-state index contributed by atoms with van der Waals surface area (Å²) in [7, 11) is 1.23. The maximum atomic E-state index is 12.4. The zero-order chi connectivity index (χ0) is 10.7. The van der Waals surface area contributed by atoms with Gasteiger partial charge in [0.15, 0.2) is 5.75 Å². The number of hydrogen-bond donors (Lipinski definition) is 1. The third kappa shape index (κ3) is 1.57. The van der Waals surface area contributed by atoms with Crippen LogP contribution in [0.5, 0.6) is 5.75 Å². The Kier molecular flexibility index (Phi) is 2.82. The van der Waals surface area contributed by atoms with Crippen LogP contribution in [0.3, 0.4) is 0 Å². The minimum absolute atomic E-state index is 0.0672. The van der Waals surface area contributed by atoms with Crippen LogP contribution in [0, 0.1) is 11.3 Å². The van der Waals surface area contributed by atoms with Gasteiger partial charge in [0.25, 0.3) is 12.0 Å². The third-order valence-corrected chi connectivity index (χ3v) is 1.64. The van der Waals surface area contributed by atoms with Crippen LogP contribution in [0.2, 0.25) is 0 Å². The van der Waals surface area contributed by atoms with Gasteiger partial charge in [-0.15, -0.1) is 0 Å². The highest BCUT2D eigenvalue weighted by Crippen LogP contribution is 2.24. The average Bonchev–Trinajstić information content (AvgIpc) is 2.16. The van der Waals surface area contributed by atoms with Gasteiger partial charge in [0.1, 0.15) is 17.2 Å². The van der Waals surface area contributed by atoms with Crippen LogP contribution in [0.4, 0.5) is 8.78 Å². The molecule has 14 heavy (non-hydrogen) atoms. The van der Waals surface area contributed by atoms with Crippen molar-refractivity contribution >= 4 is 0 Å². The molecule has 1 heterocycles. The number of nitrogens with one attached hydrogen (secondary N) is 1. The van der Waals surface area contributed by atoms with Gasteiger partial charge in [-0.25, -0.2) is 8.78 Å². The molecule has 0 aliphatic carbocycles. The van der Waals surface area contributed by atoms with Gasteiger partial charge in [-0.2, -0.15) is 5.26 Å². The van der Waals surface area contributed by atoms with Gasteiger partial charge in [0.05, 0.1) is 7.11 Å². The van der Waals surface area contributed by atoms with E-state index in [2.05, 4.69) is 9.72 Å². The lowest BCUT2D eigenvalue weighted by atomic mass is 10.1. The Morgan fingerprint density at radius 2 is 2.29 bits per heavy atom. The highest BCUT2D eigenvalue weighted by molar-refractivity contribution is 5.46. The Balaban J connectivity index is 3.53. The highest BCUT2D eigenvalue weighted by Gasteiger charge is 2.21. The summed E-state index contributed by atoms with van der Waals surface area (Å²) >= 11 is 0. The van der Waals surface area contributed by atoms with Crippen molar-refractivity contribution in [2.45, 2.75) is 6.43 Å². The molecule has 0 aromatic carbocycles.